The van der Waals surface area contributed by atoms with Gasteiger partial charge >= 0.3 is 12.3 Å². The molecule has 0 amide bonds. The lowest BCUT2D eigenvalue weighted by atomic mass is 10.0. The van der Waals surface area contributed by atoms with Crippen molar-refractivity contribution in [3.63, 3.8) is 0 Å². The van der Waals surface area contributed by atoms with Crippen LogP contribution < -0.4 is 10.1 Å². The largest absolute Gasteiger partial charge is 0.573 e. The van der Waals surface area contributed by atoms with E-state index in [0.717, 1.165) is 28.6 Å². The van der Waals surface area contributed by atoms with Crippen LogP contribution in [0.5, 0.6) is 5.75 Å². The van der Waals surface area contributed by atoms with Crippen molar-refractivity contribution in [2.24, 2.45) is 0 Å². The Kier molecular flexibility index (Phi) is 7.47. The molecule has 0 fully saturated rings. The number of carbonyl (C=O) groups is 1. The molecule has 1 unspecified atom stereocenters. The van der Waals surface area contributed by atoms with Gasteiger partial charge in [-0.25, -0.2) is 4.98 Å². The SMILES string of the molecule is CCC(c1ccccc1)n1c(Nc2ccc(OC(F)(F)F)cc2)nc2cc(CCC(=O)OC)ccc21. The van der Waals surface area contributed by atoms with Crippen LogP contribution in [0.2, 0.25) is 0 Å². The second-order valence-electron chi connectivity index (χ2n) is 8.24. The highest BCUT2D eigenvalue weighted by molar-refractivity contribution is 5.81. The second-order valence-corrected chi connectivity index (χ2v) is 8.24. The lowest BCUT2D eigenvalue weighted by Gasteiger charge is -2.21. The van der Waals surface area contributed by atoms with Gasteiger partial charge in [0, 0.05) is 12.1 Å². The molecule has 0 saturated heterocycles. The number of nitrogens with zero attached hydrogens (tertiary/aromatic N) is 2. The van der Waals surface area contributed by atoms with Gasteiger partial charge in [0.2, 0.25) is 5.95 Å². The molecule has 6 nitrogen and oxygen atoms in total. The number of hydrogen-bond acceptors (Lipinski definition) is 5. The number of nitrogens with one attached hydrogen (secondary N) is 1. The number of methoxy groups -OCH3 is 1. The van der Waals surface area contributed by atoms with E-state index in [1.807, 2.05) is 36.4 Å². The smallest absolute Gasteiger partial charge is 0.469 e. The van der Waals surface area contributed by atoms with Crippen molar-refractivity contribution in [1.82, 2.24) is 9.55 Å². The number of esters is 1. The molecule has 4 aromatic rings. The molecule has 1 atom stereocenters. The van der Waals surface area contributed by atoms with Crippen molar-refractivity contribution in [2.45, 2.75) is 38.6 Å². The van der Waals surface area contributed by atoms with Crippen LogP contribution in [-0.4, -0.2) is 29.0 Å². The van der Waals surface area contributed by atoms with Gasteiger partial charge in [-0.3, -0.25) is 4.79 Å². The summed E-state index contributed by atoms with van der Waals surface area (Å²) in [7, 11) is 1.36. The lowest BCUT2D eigenvalue weighted by molar-refractivity contribution is -0.274. The predicted octanol–water partition coefficient (Wildman–Crippen LogP) is 6.78. The summed E-state index contributed by atoms with van der Waals surface area (Å²) < 4.78 is 48.4. The molecule has 36 heavy (non-hydrogen) atoms. The number of aromatic nitrogens is 2. The van der Waals surface area contributed by atoms with Crippen LogP contribution in [0.4, 0.5) is 24.8 Å². The number of halogens is 3. The first-order chi connectivity index (χ1) is 17.3. The van der Waals surface area contributed by atoms with E-state index < -0.39 is 6.36 Å². The van der Waals surface area contributed by atoms with Crippen molar-refractivity contribution in [2.75, 3.05) is 12.4 Å². The highest BCUT2D eigenvalue weighted by atomic mass is 19.4. The number of benzene rings is 3. The minimum atomic E-state index is -4.75. The molecule has 1 heterocycles. The molecule has 4 rings (SSSR count). The third kappa shape index (κ3) is 5.97. The van der Waals surface area contributed by atoms with E-state index in [-0.39, 0.29) is 24.2 Å². The van der Waals surface area contributed by atoms with Crippen LogP contribution in [0.15, 0.2) is 72.8 Å². The minimum Gasteiger partial charge on any atom is -0.469 e. The van der Waals surface area contributed by atoms with E-state index in [9.17, 15) is 18.0 Å². The van der Waals surface area contributed by atoms with Gasteiger partial charge in [-0.2, -0.15) is 0 Å². The number of carbonyl (C=O) groups excluding carboxylic acids is 1. The normalized spacial score (nSPS) is 12.4. The van der Waals surface area contributed by atoms with Crippen molar-refractivity contribution in [3.05, 3.63) is 83.9 Å². The molecule has 0 saturated carbocycles. The van der Waals surface area contributed by atoms with Crippen molar-refractivity contribution in [3.8, 4) is 5.75 Å². The van der Waals surface area contributed by atoms with E-state index in [0.29, 0.717) is 18.1 Å². The second kappa shape index (κ2) is 10.7. The van der Waals surface area contributed by atoms with Gasteiger partial charge in [0.1, 0.15) is 5.75 Å². The van der Waals surface area contributed by atoms with Gasteiger partial charge in [-0.15, -0.1) is 13.2 Å². The molecule has 0 aliphatic carbocycles. The Balaban J connectivity index is 1.72. The summed E-state index contributed by atoms with van der Waals surface area (Å²) in [6, 6.07) is 21.4. The molecule has 188 valence electrons. The summed E-state index contributed by atoms with van der Waals surface area (Å²) in [6.45, 7) is 2.08. The van der Waals surface area contributed by atoms with Gasteiger partial charge < -0.3 is 19.4 Å². The first kappa shape index (κ1) is 25.1. The molecule has 1 N–H and O–H groups in total. The molecule has 9 heteroatoms. The van der Waals surface area contributed by atoms with Crippen LogP contribution in [0.3, 0.4) is 0 Å². The Morgan fingerprint density at radius 2 is 1.78 bits per heavy atom. The number of alkyl halides is 3. The van der Waals surface area contributed by atoms with Crippen LogP contribution in [0, 0.1) is 0 Å². The van der Waals surface area contributed by atoms with Crippen LogP contribution in [-0.2, 0) is 16.0 Å². The number of imidazole rings is 1. The first-order valence-corrected chi connectivity index (χ1v) is 11.5. The van der Waals surface area contributed by atoms with Gasteiger partial charge in [0.25, 0.3) is 0 Å². The zero-order valence-corrected chi connectivity index (χ0v) is 19.9. The standard InChI is InChI=1S/C27H26F3N3O3/c1-3-23(19-7-5-4-6-8-19)33-24-15-9-18(10-16-25(34)35-2)17-22(24)32-26(33)31-20-11-13-21(14-12-20)36-27(28,29)30/h4-9,11-15,17,23H,3,10,16H2,1-2H3,(H,31,32). The van der Waals surface area contributed by atoms with Crippen molar-refractivity contribution in [1.29, 1.82) is 0 Å². The summed E-state index contributed by atoms with van der Waals surface area (Å²) in [4.78, 5) is 16.4. The van der Waals surface area contributed by atoms with Gasteiger partial charge in [-0.1, -0.05) is 43.3 Å². The van der Waals surface area contributed by atoms with E-state index >= 15 is 0 Å². The summed E-state index contributed by atoms with van der Waals surface area (Å²) in [5.74, 6) is -0.0288. The van der Waals surface area contributed by atoms with Crippen LogP contribution in [0.1, 0.15) is 36.9 Å². The fourth-order valence-electron chi connectivity index (χ4n) is 4.16. The average molecular weight is 498 g/mol. The van der Waals surface area contributed by atoms with Gasteiger partial charge in [-0.05, 0) is 60.4 Å². The molecule has 0 aliphatic heterocycles. The maximum absolute atomic E-state index is 12.5. The van der Waals surface area contributed by atoms with Crippen LogP contribution >= 0.6 is 0 Å². The fraction of sp³-hybridized carbons (Fsp3) is 0.259. The summed E-state index contributed by atoms with van der Waals surface area (Å²) in [5, 5.41) is 3.26. The Bertz CT molecular complexity index is 1320. The lowest BCUT2D eigenvalue weighted by Crippen LogP contribution is -2.17. The Labute approximate surface area is 206 Å². The maximum Gasteiger partial charge on any atom is 0.573 e. The van der Waals surface area contributed by atoms with E-state index in [2.05, 4.69) is 33.7 Å². The number of rotatable bonds is 9. The maximum atomic E-state index is 12.5. The summed E-state index contributed by atoms with van der Waals surface area (Å²) in [5.41, 5.74) is 4.25. The Morgan fingerprint density at radius 3 is 2.42 bits per heavy atom. The quantitative estimate of drug-likeness (QED) is 0.258. The Hall–Kier alpha value is -4.01. The zero-order chi connectivity index (χ0) is 25.7. The number of ether oxygens (including phenoxy) is 2. The van der Waals surface area contributed by atoms with Gasteiger partial charge in [0.15, 0.2) is 0 Å². The molecule has 0 bridgehead atoms. The molecule has 0 spiro atoms. The van der Waals surface area contributed by atoms with E-state index in [1.54, 1.807) is 0 Å². The third-order valence-electron chi connectivity index (χ3n) is 5.83. The highest BCUT2D eigenvalue weighted by Gasteiger charge is 2.31. The van der Waals surface area contributed by atoms with Crippen molar-refractivity contribution >= 4 is 28.6 Å². The minimum absolute atomic E-state index is 0.0348. The number of hydrogen-bond donors (Lipinski definition) is 1. The fourth-order valence-corrected chi connectivity index (χ4v) is 4.16. The number of fused-ring (bicyclic) bond motifs is 1. The summed E-state index contributed by atoms with van der Waals surface area (Å²) >= 11 is 0. The van der Waals surface area contributed by atoms with Crippen molar-refractivity contribution < 1.29 is 27.4 Å². The van der Waals surface area contributed by atoms with E-state index in [4.69, 9.17) is 9.72 Å². The zero-order valence-electron chi connectivity index (χ0n) is 19.9. The molecule has 3 aromatic carbocycles. The van der Waals surface area contributed by atoms with Gasteiger partial charge in [0.05, 0.1) is 24.2 Å². The first-order valence-electron chi connectivity index (χ1n) is 11.5. The molecule has 0 radical (unpaired) electrons. The average Bonchev–Trinajstić information content (AvgIpc) is 3.21. The third-order valence-corrected chi connectivity index (χ3v) is 5.83. The molecular weight excluding hydrogens is 471 g/mol. The highest BCUT2D eigenvalue weighted by Crippen LogP contribution is 2.33. The predicted molar refractivity (Wildman–Crippen MR) is 131 cm³/mol. The van der Waals surface area contributed by atoms with Crippen LogP contribution in [0.25, 0.3) is 11.0 Å². The molecule has 0 aliphatic rings. The van der Waals surface area contributed by atoms with E-state index in [1.165, 1.54) is 31.4 Å². The topological polar surface area (TPSA) is 65.4 Å². The number of anilines is 2. The molecular formula is C27H26F3N3O3. The number of aryl methyl sites for hydroxylation is 1. The Morgan fingerprint density at radius 1 is 1.06 bits per heavy atom. The molecule has 1 aromatic heterocycles. The summed E-state index contributed by atoms with van der Waals surface area (Å²) in [6.07, 6.45) is -3.18. The monoisotopic (exact) mass is 497 g/mol.